The van der Waals surface area contributed by atoms with Gasteiger partial charge in [-0.05, 0) is 54.2 Å². The molecule has 0 saturated carbocycles. The lowest BCUT2D eigenvalue weighted by Gasteiger charge is -2.13. The van der Waals surface area contributed by atoms with Gasteiger partial charge in [-0.3, -0.25) is 19.3 Å². The van der Waals surface area contributed by atoms with Crippen LogP contribution in [0, 0.1) is 17.5 Å². The highest BCUT2D eigenvalue weighted by atomic mass is 32.2. The van der Waals surface area contributed by atoms with E-state index in [0.29, 0.717) is 22.7 Å². The first-order chi connectivity index (χ1) is 17.9. The number of hydrogen-bond donors (Lipinski definition) is 3. The van der Waals surface area contributed by atoms with Crippen molar-refractivity contribution in [1.29, 1.82) is 0 Å². The summed E-state index contributed by atoms with van der Waals surface area (Å²) in [4.78, 5) is 60.2. The predicted molar refractivity (Wildman–Crippen MR) is 126 cm³/mol. The number of halogens is 3. The Morgan fingerprint density at radius 3 is 2.24 bits per heavy atom. The van der Waals surface area contributed by atoms with Crippen LogP contribution in [0.25, 0.3) is 17.4 Å². The number of nitrogens with zero attached hydrogens (tertiary/aromatic N) is 1. The summed E-state index contributed by atoms with van der Waals surface area (Å²) in [7, 11) is 0. The lowest BCUT2D eigenvalue weighted by molar-refractivity contribution is -0.127. The zero-order valence-electron chi connectivity index (χ0n) is 18.7. The van der Waals surface area contributed by atoms with E-state index in [1.165, 1.54) is 30.3 Å². The molecule has 1 fully saturated rings. The number of carbonyl (C=O) groups is 5. The molecule has 0 atom stereocenters. The summed E-state index contributed by atoms with van der Waals surface area (Å²) in [5.41, 5.74) is -1.13. The molecule has 3 amide bonds. The molecule has 0 unspecified atom stereocenters. The Bertz CT molecular complexity index is 1530. The van der Waals surface area contributed by atoms with Crippen molar-refractivity contribution in [2.75, 3.05) is 11.9 Å². The van der Waals surface area contributed by atoms with Gasteiger partial charge in [-0.25, -0.2) is 22.8 Å². The van der Waals surface area contributed by atoms with Gasteiger partial charge in [-0.1, -0.05) is 0 Å². The SMILES string of the molecule is O=C(CN1C(=O)S/C(=C/c2ccc(-c3cc(C(=O)O)cc(C(=O)O)c3)o2)C1=O)Nc1ccc(F)c(F)c1F. The molecule has 2 aromatic carbocycles. The van der Waals surface area contributed by atoms with Gasteiger partial charge in [0.15, 0.2) is 17.5 Å². The number of benzene rings is 2. The van der Waals surface area contributed by atoms with Gasteiger partial charge in [0.05, 0.1) is 21.7 Å². The lowest BCUT2D eigenvalue weighted by atomic mass is 10.0. The highest BCUT2D eigenvalue weighted by Crippen LogP contribution is 2.34. The van der Waals surface area contributed by atoms with E-state index in [1.807, 2.05) is 5.32 Å². The maximum absolute atomic E-state index is 13.8. The molecule has 2 heterocycles. The van der Waals surface area contributed by atoms with E-state index in [9.17, 15) is 47.4 Å². The van der Waals surface area contributed by atoms with Crippen molar-refractivity contribution >= 4 is 52.5 Å². The van der Waals surface area contributed by atoms with E-state index in [4.69, 9.17) is 4.42 Å². The predicted octanol–water partition coefficient (Wildman–Crippen LogP) is 4.44. The normalized spacial score (nSPS) is 14.3. The van der Waals surface area contributed by atoms with E-state index in [0.717, 1.165) is 12.1 Å². The van der Waals surface area contributed by atoms with Crippen LogP contribution in [0.15, 0.2) is 51.8 Å². The summed E-state index contributed by atoms with van der Waals surface area (Å²) in [5.74, 6) is -9.43. The number of carbonyl (C=O) groups excluding carboxylic acids is 3. The minimum Gasteiger partial charge on any atom is -0.478 e. The molecule has 3 aromatic rings. The van der Waals surface area contributed by atoms with Crippen LogP contribution < -0.4 is 5.32 Å². The number of carboxylic acids is 2. The van der Waals surface area contributed by atoms with Crippen LogP contribution in [0.2, 0.25) is 0 Å². The second kappa shape index (κ2) is 10.3. The summed E-state index contributed by atoms with van der Waals surface area (Å²) in [5, 5.41) is 19.6. The van der Waals surface area contributed by atoms with Gasteiger partial charge in [0.2, 0.25) is 5.91 Å². The van der Waals surface area contributed by atoms with Crippen LogP contribution in [0.1, 0.15) is 26.5 Å². The number of imide groups is 1. The number of nitrogens with one attached hydrogen (secondary N) is 1. The Morgan fingerprint density at radius 1 is 0.947 bits per heavy atom. The summed E-state index contributed by atoms with van der Waals surface area (Å²) in [6, 6.07) is 7.51. The van der Waals surface area contributed by atoms with Crippen molar-refractivity contribution in [3.8, 4) is 11.3 Å². The number of furan rings is 1. The number of anilines is 1. The molecule has 0 bridgehead atoms. The fourth-order valence-corrected chi connectivity index (χ4v) is 4.14. The van der Waals surface area contributed by atoms with E-state index in [1.54, 1.807) is 0 Å². The van der Waals surface area contributed by atoms with Gasteiger partial charge < -0.3 is 19.9 Å². The Kier molecular flexibility index (Phi) is 7.08. The highest BCUT2D eigenvalue weighted by Gasteiger charge is 2.36. The first-order valence-corrected chi connectivity index (χ1v) is 11.2. The van der Waals surface area contributed by atoms with Crippen molar-refractivity contribution in [3.63, 3.8) is 0 Å². The van der Waals surface area contributed by atoms with Crippen LogP contribution in [0.4, 0.5) is 23.7 Å². The summed E-state index contributed by atoms with van der Waals surface area (Å²) in [6.07, 6.45) is 1.18. The van der Waals surface area contributed by atoms with Crippen LogP contribution in [0.3, 0.4) is 0 Å². The number of thioether (sulfide) groups is 1. The van der Waals surface area contributed by atoms with Crippen LogP contribution >= 0.6 is 11.8 Å². The number of rotatable bonds is 7. The fourth-order valence-electron chi connectivity index (χ4n) is 3.32. The topological polar surface area (TPSA) is 154 Å². The number of carboxylic acid groups (broad SMARTS) is 2. The Labute approximate surface area is 214 Å². The number of aromatic carboxylic acids is 2. The van der Waals surface area contributed by atoms with Crippen molar-refractivity contribution in [2.24, 2.45) is 0 Å². The van der Waals surface area contributed by atoms with Crippen molar-refractivity contribution in [2.45, 2.75) is 0 Å². The summed E-state index contributed by atoms with van der Waals surface area (Å²) < 4.78 is 45.8. The molecule has 0 aliphatic carbocycles. The monoisotopic (exact) mass is 546 g/mol. The maximum atomic E-state index is 13.8. The number of hydrogen-bond acceptors (Lipinski definition) is 7. The maximum Gasteiger partial charge on any atom is 0.335 e. The summed E-state index contributed by atoms with van der Waals surface area (Å²) >= 11 is 0.470. The molecule has 1 saturated heterocycles. The van der Waals surface area contributed by atoms with Crippen molar-refractivity contribution in [1.82, 2.24) is 4.90 Å². The molecule has 14 heteroatoms. The standard InChI is InChI=1S/C24H13F3N2O8S/c25-14-2-3-15(20(27)19(14)26)28-18(30)9-29-21(31)17(38-24(29)36)8-13-1-4-16(37-13)10-5-11(22(32)33)7-12(6-10)23(34)35/h1-8H,9H2,(H,28,30)(H,32,33)(H,34,35)/b17-8+. The second-order valence-electron chi connectivity index (χ2n) is 7.65. The molecule has 38 heavy (non-hydrogen) atoms. The van der Waals surface area contributed by atoms with E-state index >= 15 is 0 Å². The third kappa shape index (κ3) is 5.29. The van der Waals surface area contributed by atoms with Gasteiger partial charge in [0.1, 0.15) is 18.1 Å². The van der Waals surface area contributed by atoms with E-state index in [2.05, 4.69) is 0 Å². The van der Waals surface area contributed by atoms with E-state index < -0.39 is 58.7 Å². The second-order valence-corrected chi connectivity index (χ2v) is 8.64. The molecule has 4 rings (SSSR count). The van der Waals surface area contributed by atoms with Gasteiger partial charge in [-0.2, -0.15) is 0 Å². The quantitative estimate of drug-likeness (QED) is 0.288. The van der Waals surface area contributed by atoms with Crippen LogP contribution in [-0.4, -0.2) is 50.6 Å². The molecule has 1 aliphatic heterocycles. The zero-order chi connectivity index (χ0) is 27.7. The third-order valence-corrected chi connectivity index (χ3v) is 6.00. The van der Waals surface area contributed by atoms with Crippen LogP contribution in [-0.2, 0) is 9.59 Å². The molecule has 0 radical (unpaired) electrons. The molecule has 1 aliphatic rings. The van der Waals surface area contributed by atoms with Crippen LogP contribution in [0.5, 0.6) is 0 Å². The molecule has 10 nitrogen and oxygen atoms in total. The fraction of sp³-hybridized carbons (Fsp3) is 0.0417. The minimum absolute atomic E-state index is 0.0522. The Morgan fingerprint density at radius 2 is 1.61 bits per heavy atom. The largest absolute Gasteiger partial charge is 0.478 e. The van der Waals surface area contributed by atoms with Gasteiger partial charge >= 0.3 is 11.9 Å². The molecule has 1 aromatic heterocycles. The summed E-state index contributed by atoms with van der Waals surface area (Å²) in [6.45, 7) is -0.843. The molecule has 194 valence electrons. The number of amides is 3. The first kappa shape index (κ1) is 26.2. The average molecular weight is 546 g/mol. The molecule has 3 N–H and O–H groups in total. The Balaban J connectivity index is 1.51. The zero-order valence-corrected chi connectivity index (χ0v) is 19.5. The van der Waals surface area contributed by atoms with Crippen molar-refractivity contribution < 1.29 is 51.8 Å². The van der Waals surface area contributed by atoms with Gasteiger partial charge in [0, 0.05) is 11.6 Å². The Hall–Kier alpha value is -4.85. The lowest BCUT2D eigenvalue weighted by Crippen LogP contribution is -2.36. The van der Waals surface area contributed by atoms with Crippen molar-refractivity contribution in [3.05, 3.63) is 81.7 Å². The van der Waals surface area contributed by atoms with Gasteiger partial charge in [-0.15, -0.1) is 0 Å². The average Bonchev–Trinajstić information content (AvgIpc) is 3.44. The minimum atomic E-state index is -1.80. The highest BCUT2D eigenvalue weighted by molar-refractivity contribution is 8.18. The van der Waals surface area contributed by atoms with E-state index in [-0.39, 0.29) is 33.1 Å². The molecular formula is C24H13F3N2O8S. The molecule has 0 spiro atoms. The third-order valence-electron chi connectivity index (χ3n) is 5.10. The first-order valence-electron chi connectivity index (χ1n) is 10.3. The molecular weight excluding hydrogens is 533 g/mol. The van der Waals surface area contributed by atoms with Gasteiger partial charge in [0.25, 0.3) is 11.1 Å². The smallest absolute Gasteiger partial charge is 0.335 e.